The number of nitro groups is 1. The lowest BCUT2D eigenvalue weighted by Crippen LogP contribution is -2.37. The van der Waals surface area contributed by atoms with Gasteiger partial charge in [-0.3, -0.25) is 19.9 Å². The second kappa shape index (κ2) is 13.4. The maximum Gasteiger partial charge on any atom is 0.269 e. The lowest BCUT2D eigenvalue weighted by Gasteiger charge is -2.26. The third kappa shape index (κ3) is 7.79. The summed E-state index contributed by atoms with van der Waals surface area (Å²) in [6.45, 7) is 8.08. The first kappa shape index (κ1) is 26.2. The van der Waals surface area contributed by atoms with Gasteiger partial charge in [0.15, 0.2) is 0 Å². The van der Waals surface area contributed by atoms with Gasteiger partial charge < -0.3 is 14.6 Å². The average molecular weight is 498 g/mol. The van der Waals surface area contributed by atoms with Crippen LogP contribution in [0, 0.1) is 10.1 Å². The maximum atomic E-state index is 11.1. The fourth-order valence-corrected chi connectivity index (χ4v) is 4.57. The Morgan fingerprint density at radius 3 is 1.69 bits per heavy atom. The molecular weight excluding hydrogens is 462 g/mol. The Labute approximate surface area is 211 Å². The monoisotopic (exact) mass is 497 g/mol. The zero-order chi connectivity index (χ0) is 25.2. The number of phenolic OH excluding ortho intramolecular Hbond substituents is 1. The highest BCUT2D eigenvalue weighted by molar-refractivity contribution is 5.53. The van der Waals surface area contributed by atoms with E-state index < -0.39 is 4.92 Å². The van der Waals surface area contributed by atoms with Crippen molar-refractivity contribution in [2.24, 2.45) is 10.2 Å². The van der Waals surface area contributed by atoms with Gasteiger partial charge in [0.2, 0.25) is 0 Å². The molecule has 2 aromatic rings. The van der Waals surface area contributed by atoms with Crippen molar-refractivity contribution in [3.63, 3.8) is 0 Å². The summed E-state index contributed by atoms with van der Waals surface area (Å²) in [5.41, 5.74) is 2.97. The van der Waals surface area contributed by atoms with Crippen LogP contribution in [0.2, 0.25) is 0 Å². The van der Waals surface area contributed by atoms with E-state index in [1.165, 1.54) is 12.1 Å². The molecule has 0 aliphatic carbocycles. The Bertz CT molecular complexity index is 973. The minimum absolute atomic E-state index is 0.0173. The first-order chi connectivity index (χ1) is 17.6. The number of ether oxygens (including phenoxy) is 2. The molecule has 1 saturated heterocycles. The van der Waals surface area contributed by atoms with Gasteiger partial charge in [-0.05, 0) is 74.2 Å². The summed E-state index contributed by atoms with van der Waals surface area (Å²) in [7, 11) is 0. The quantitative estimate of drug-likeness (QED) is 0.383. The van der Waals surface area contributed by atoms with Crippen LogP contribution in [0.25, 0.3) is 0 Å². The van der Waals surface area contributed by atoms with Crippen molar-refractivity contribution in [2.45, 2.75) is 25.7 Å². The van der Waals surface area contributed by atoms with Crippen molar-refractivity contribution >= 4 is 17.1 Å². The molecule has 2 aromatic carbocycles. The van der Waals surface area contributed by atoms with Crippen LogP contribution in [-0.2, 0) is 22.3 Å². The van der Waals surface area contributed by atoms with Crippen LogP contribution < -0.4 is 0 Å². The Hall–Kier alpha value is -2.92. The van der Waals surface area contributed by atoms with Gasteiger partial charge in [0.25, 0.3) is 5.69 Å². The molecule has 10 heteroatoms. The number of hydrogen-bond acceptors (Lipinski definition) is 9. The molecular formula is C26H35N5O5. The number of aryl methyl sites for hydroxylation is 2. The van der Waals surface area contributed by atoms with Crippen LogP contribution in [0.5, 0.6) is 5.75 Å². The summed E-state index contributed by atoms with van der Waals surface area (Å²) in [4.78, 5) is 15.2. The van der Waals surface area contributed by atoms with E-state index in [9.17, 15) is 15.2 Å². The van der Waals surface area contributed by atoms with Gasteiger partial charge in [-0.1, -0.05) is 0 Å². The number of phenols is 1. The number of benzene rings is 2. The molecule has 0 aromatic heterocycles. The first-order valence-electron chi connectivity index (χ1n) is 12.7. The summed E-state index contributed by atoms with van der Waals surface area (Å²) < 4.78 is 11.8. The molecule has 0 atom stereocenters. The van der Waals surface area contributed by atoms with E-state index in [0.29, 0.717) is 43.6 Å². The molecule has 0 unspecified atom stereocenters. The Kier molecular flexibility index (Phi) is 9.74. The molecule has 4 bridgehead atoms. The highest BCUT2D eigenvalue weighted by Crippen LogP contribution is 2.32. The van der Waals surface area contributed by atoms with Crippen LogP contribution in [0.4, 0.5) is 17.1 Å². The smallest absolute Gasteiger partial charge is 0.269 e. The summed E-state index contributed by atoms with van der Waals surface area (Å²) in [5.74, 6) is 0.355. The van der Waals surface area contributed by atoms with E-state index in [1.807, 2.05) is 12.1 Å². The van der Waals surface area contributed by atoms with Gasteiger partial charge in [0.1, 0.15) is 5.75 Å². The number of aromatic hydroxyl groups is 1. The van der Waals surface area contributed by atoms with Crippen LogP contribution in [0.3, 0.4) is 0 Å². The van der Waals surface area contributed by atoms with Crippen molar-refractivity contribution in [1.29, 1.82) is 0 Å². The number of nitro benzene ring substituents is 1. The maximum absolute atomic E-state index is 11.1. The zero-order valence-corrected chi connectivity index (χ0v) is 20.7. The van der Waals surface area contributed by atoms with Gasteiger partial charge in [0.05, 0.1) is 42.7 Å². The molecule has 194 valence electrons. The minimum atomic E-state index is -0.437. The number of hydrogen-bond donors (Lipinski definition) is 1. The summed E-state index contributed by atoms with van der Waals surface area (Å²) in [6, 6.07) is 9.77. The average Bonchev–Trinajstić information content (AvgIpc) is 2.86. The molecule has 10 nitrogen and oxygen atoms in total. The van der Waals surface area contributed by atoms with E-state index in [2.05, 4.69) is 20.0 Å². The van der Waals surface area contributed by atoms with Crippen molar-refractivity contribution in [3.05, 3.63) is 57.6 Å². The lowest BCUT2D eigenvalue weighted by atomic mass is 10.00. The number of non-ortho nitro benzene ring substituents is 1. The minimum Gasteiger partial charge on any atom is -0.507 e. The van der Waals surface area contributed by atoms with E-state index in [0.717, 1.165) is 76.1 Å². The second-order valence-corrected chi connectivity index (χ2v) is 9.20. The lowest BCUT2D eigenvalue weighted by molar-refractivity contribution is -0.384. The van der Waals surface area contributed by atoms with Gasteiger partial charge in [0, 0.05) is 38.3 Å². The highest BCUT2D eigenvalue weighted by Gasteiger charge is 2.15. The zero-order valence-electron chi connectivity index (χ0n) is 20.7. The van der Waals surface area contributed by atoms with Crippen molar-refractivity contribution in [1.82, 2.24) is 9.80 Å². The summed E-state index contributed by atoms with van der Waals surface area (Å²) in [6.07, 6.45) is 3.24. The van der Waals surface area contributed by atoms with E-state index in [4.69, 9.17) is 9.47 Å². The predicted molar refractivity (Wildman–Crippen MR) is 137 cm³/mol. The van der Waals surface area contributed by atoms with Crippen LogP contribution in [0.1, 0.15) is 24.0 Å². The van der Waals surface area contributed by atoms with Crippen LogP contribution in [0.15, 0.2) is 46.6 Å². The number of fused-ring (bicyclic) bond motifs is 12. The standard InChI is InChI=1S/C26H35N5O5/c32-26-21-3-1-9-29-11-15-35-17-13-30(14-18-36-16-12-29)10-2-4-22(26)20-24(19-21)28-27-23-5-7-25(8-6-23)31(33)34/h5-8,19-20,32H,1-4,9-18H2. The Morgan fingerprint density at radius 2 is 1.22 bits per heavy atom. The predicted octanol–water partition coefficient (Wildman–Crippen LogP) is 4.25. The molecule has 1 N–H and O–H groups in total. The second-order valence-electron chi connectivity index (χ2n) is 9.20. The third-order valence-corrected chi connectivity index (χ3v) is 6.64. The molecule has 3 heterocycles. The van der Waals surface area contributed by atoms with E-state index >= 15 is 0 Å². The fourth-order valence-electron chi connectivity index (χ4n) is 4.57. The molecule has 0 spiro atoms. The van der Waals surface area contributed by atoms with Crippen LogP contribution in [-0.4, -0.2) is 85.5 Å². The molecule has 3 aliphatic rings. The summed E-state index contributed by atoms with van der Waals surface area (Å²) in [5, 5.41) is 30.6. The summed E-state index contributed by atoms with van der Waals surface area (Å²) >= 11 is 0. The van der Waals surface area contributed by atoms with Crippen molar-refractivity contribution in [2.75, 3.05) is 65.7 Å². The largest absolute Gasteiger partial charge is 0.507 e. The van der Waals surface area contributed by atoms with Gasteiger partial charge in [-0.25, -0.2) is 0 Å². The van der Waals surface area contributed by atoms with Crippen LogP contribution >= 0.6 is 0 Å². The fraction of sp³-hybridized carbons (Fsp3) is 0.538. The normalized spacial score (nSPS) is 22.6. The topological polar surface area (TPSA) is 113 Å². The molecule has 36 heavy (non-hydrogen) atoms. The molecule has 1 fully saturated rings. The van der Waals surface area contributed by atoms with Gasteiger partial charge in [-0.2, -0.15) is 10.2 Å². The highest BCUT2D eigenvalue weighted by atomic mass is 16.6. The number of rotatable bonds is 3. The van der Waals surface area contributed by atoms with Crippen molar-refractivity contribution < 1.29 is 19.5 Å². The first-order valence-corrected chi connectivity index (χ1v) is 12.7. The molecule has 5 rings (SSSR count). The SMILES string of the molecule is O=[N+]([O-])c1ccc(N=Nc2cc3c(O)c(c2)CCCN2CCOCCN(CCC3)CCOCC2)cc1. The molecule has 0 amide bonds. The van der Waals surface area contributed by atoms with Crippen molar-refractivity contribution in [3.8, 4) is 5.75 Å². The van der Waals surface area contributed by atoms with Gasteiger partial charge in [-0.15, -0.1) is 0 Å². The molecule has 0 saturated carbocycles. The van der Waals surface area contributed by atoms with Gasteiger partial charge >= 0.3 is 0 Å². The Morgan fingerprint density at radius 1 is 0.750 bits per heavy atom. The van der Waals surface area contributed by atoms with E-state index in [1.54, 1.807) is 12.1 Å². The molecule has 3 aliphatic heterocycles. The molecule has 0 radical (unpaired) electrons. The Balaban J connectivity index is 1.55. The number of azo groups is 1. The third-order valence-electron chi connectivity index (χ3n) is 6.64. The van der Waals surface area contributed by atoms with E-state index in [-0.39, 0.29) is 5.69 Å². The number of nitrogens with zero attached hydrogens (tertiary/aromatic N) is 5.